The van der Waals surface area contributed by atoms with Crippen LogP contribution in [0.2, 0.25) is 0 Å². The summed E-state index contributed by atoms with van der Waals surface area (Å²) in [5.74, 6) is -3.59. The first-order valence-electron chi connectivity index (χ1n) is 7.01. The van der Waals surface area contributed by atoms with E-state index in [1.54, 1.807) is 20.8 Å². The van der Waals surface area contributed by atoms with Crippen LogP contribution < -0.4 is 0 Å². The maximum absolute atomic E-state index is 12.2. The van der Waals surface area contributed by atoms with E-state index in [2.05, 4.69) is 0 Å². The monoisotopic (exact) mass is 323 g/mol. The number of hydrogen-bond acceptors (Lipinski definition) is 4. The van der Waals surface area contributed by atoms with Crippen molar-refractivity contribution < 1.29 is 32.3 Å². The summed E-state index contributed by atoms with van der Waals surface area (Å²) in [4.78, 5) is 35.9. The van der Waals surface area contributed by atoms with Crippen molar-refractivity contribution in [3.05, 3.63) is 0 Å². The average Bonchev–Trinajstić information content (AvgIpc) is 2.35. The number of hydrogen-bond donors (Lipinski definition) is 0. The highest BCUT2D eigenvalue weighted by Gasteiger charge is 2.41. The van der Waals surface area contributed by atoms with E-state index < -0.39 is 41.8 Å². The number of rotatable bonds is 3. The Morgan fingerprint density at radius 3 is 2.27 bits per heavy atom. The Morgan fingerprint density at radius 2 is 1.77 bits per heavy atom. The number of halogens is 3. The van der Waals surface area contributed by atoms with Crippen LogP contribution in [-0.2, 0) is 14.3 Å². The van der Waals surface area contributed by atoms with E-state index in [1.807, 2.05) is 0 Å². The molecule has 0 bridgehead atoms. The molecule has 0 aromatic heterocycles. The number of carbonyl (C=O) groups excluding carboxylic acids is 3. The summed E-state index contributed by atoms with van der Waals surface area (Å²) in [6.45, 7) is 5.45. The lowest BCUT2D eigenvalue weighted by molar-refractivity contribution is -0.172. The molecule has 126 valence electrons. The van der Waals surface area contributed by atoms with Gasteiger partial charge in [0.1, 0.15) is 11.4 Å². The van der Waals surface area contributed by atoms with E-state index in [0.29, 0.717) is 19.4 Å². The molecule has 0 aromatic carbocycles. The van der Waals surface area contributed by atoms with Gasteiger partial charge in [-0.3, -0.25) is 9.59 Å². The molecule has 22 heavy (non-hydrogen) atoms. The Bertz CT molecular complexity index is 454. The number of Topliss-reactive ketones (excluding diaryl/α,β-unsaturated/α-hetero) is 2. The number of carbonyl (C=O) groups is 3. The molecule has 1 heterocycles. The molecule has 1 saturated heterocycles. The number of amides is 1. The molecule has 1 aliphatic heterocycles. The summed E-state index contributed by atoms with van der Waals surface area (Å²) < 4.78 is 41.7. The van der Waals surface area contributed by atoms with E-state index in [0.717, 1.165) is 0 Å². The zero-order valence-corrected chi connectivity index (χ0v) is 12.8. The van der Waals surface area contributed by atoms with E-state index in [9.17, 15) is 27.6 Å². The molecular formula is C14H20F3NO4. The van der Waals surface area contributed by atoms with Crippen molar-refractivity contribution in [1.29, 1.82) is 0 Å². The lowest BCUT2D eigenvalue weighted by atomic mass is 9.91. The van der Waals surface area contributed by atoms with Crippen LogP contribution in [0.15, 0.2) is 0 Å². The molecule has 1 amide bonds. The quantitative estimate of drug-likeness (QED) is 0.749. The minimum absolute atomic E-state index is 0.0150. The smallest absolute Gasteiger partial charge is 0.444 e. The van der Waals surface area contributed by atoms with Gasteiger partial charge in [0.25, 0.3) is 0 Å². The molecule has 1 atom stereocenters. The molecule has 0 spiro atoms. The molecule has 1 rings (SSSR count). The zero-order chi connectivity index (χ0) is 17.1. The molecule has 5 nitrogen and oxygen atoms in total. The van der Waals surface area contributed by atoms with Crippen molar-refractivity contribution in [2.24, 2.45) is 5.92 Å². The number of ketones is 2. The summed E-state index contributed by atoms with van der Waals surface area (Å²) in [6, 6.07) is 0. The highest BCUT2D eigenvalue weighted by molar-refractivity contribution is 6.02. The fraction of sp³-hybridized carbons (Fsp3) is 0.786. The maximum atomic E-state index is 12.2. The van der Waals surface area contributed by atoms with Crippen molar-refractivity contribution >= 4 is 17.7 Å². The van der Waals surface area contributed by atoms with Crippen LogP contribution in [-0.4, -0.2) is 47.4 Å². The lowest BCUT2D eigenvalue weighted by Gasteiger charge is -2.33. The minimum atomic E-state index is -5.00. The molecular weight excluding hydrogens is 303 g/mol. The van der Waals surface area contributed by atoms with Crippen molar-refractivity contribution in [2.75, 3.05) is 13.1 Å². The van der Waals surface area contributed by atoms with E-state index >= 15 is 0 Å². The van der Waals surface area contributed by atoms with Gasteiger partial charge in [-0.05, 0) is 33.6 Å². The van der Waals surface area contributed by atoms with Crippen LogP contribution in [0, 0.1) is 5.92 Å². The van der Waals surface area contributed by atoms with Crippen molar-refractivity contribution in [1.82, 2.24) is 4.90 Å². The number of ether oxygens (including phenoxy) is 1. The normalized spacial score (nSPS) is 19.7. The van der Waals surface area contributed by atoms with Crippen LogP contribution in [0.5, 0.6) is 0 Å². The summed E-state index contributed by atoms with van der Waals surface area (Å²) in [6.07, 6.45) is -5.93. The predicted octanol–water partition coefficient (Wildman–Crippen LogP) is 2.72. The highest BCUT2D eigenvalue weighted by atomic mass is 19.4. The first kappa shape index (κ1) is 18.4. The van der Waals surface area contributed by atoms with Gasteiger partial charge < -0.3 is 9.64 Å². The Hall–Kier alpha value is -1.60. The highest BCUT2D eigenvalue weighted by Crippen LogP contribution is 2.24. The van der Waals surface area contributed by atoms with E-state index in [-0.39, 0.29) is 6.54 Å². The Morgan fingerprint density at radius 1 is 1.18 bits per heavy atom. The molecule has 1 unspecified atom stereocenters. The summed E-state index contributed by atoms with van der Waals surface area (Å²) in [5, 5.41) is 0. The Labute approximate surface area is 126 Å². The van der Waals surface area contributed by atoms with E-state index in [1.165, 1.54) is 4.90 Å². The van der Waals surface area contributed by atoms with Gasteiger partial charge in [-0.25, -0.2) is 4.79 Å². The van der Waals surface area contributed by atoms with Crippen LogP contribution >= 0.6 is 0 Å². The topological polar surface area (TPSA) is 63.7 Å². The third kappa shape index (κ3) is 5.65. The fourth-order valence-corrected chi connectivity index (χ4v) is 2.14. The largest absolute Gasteiger partial charge is 0.450 e. The zero-order valence-electron chi connectivity index (χ0n) is 12.8. The number of alkyl halides is 3. The number of nitrogens with zero attached hydrogens (tertiary/aromatic N) is 1. The van der Waals surface area contributed by atoms with Crippen LogP contribution in [0.25, 0.3) is 0 Å². The third-order valence-electron chi connectivity index (χ3n) is 3.18. The van der Waals surface area contributed by atoms with Crippen LogP contribution in [0.3, 0.4) is 0 Å². The second-order valence-corrected chi connectivity index (χ2v) is 6.33. The van der Waals surface area contributed by atoms with Gasteiger partial charge in [-0.1, -0.05) is 0 Å². The third-order valence-corrected chi connectivity index (χ3v) is 3.18. The average molecular weight is 323 g/mol. The van der Waals surface area contributed by atoms with Gasteiger partial charge >= 0.3 is 12.3 Å². The molecule has 0 N–H and O–H groups in total. The van der Waals surface area contributed by atoms with Gasteiger partial charge in [-0.15, -0.1) is 0 Å². The second-order valence-electron chi connectivity index (χ2n) is 6.33. The van der Waals surface area contributed by atoms with Crippen molar-refractivity contribution in [3.63, 3.8) is 0 Å². The molecule has 0 aliphatic carbocycles. The number of likely N-dealkylation sites (tertiary alicyclic amines) is 1. The predicted molar refractivity (Wildman–Crippen MR) is 71.2 cm³/mol. The van der Waals surface area contributed by atoms with Crippen LogP contribution in [0.1, 0.15) is 40.0 Å². The van der Waals surface area contributed by atoms with Crippen molar-refractivity contribution in [2.45, 2.75) is 51.8 Å². The van der Waals surface area contributed by atoms with Crippen molar-refractivity contribution in [3.8, 4) is 0 Å². The first-order chi connectivity index (χ1) is 9.90. The molecule has 0 saturated carbocycles. The van der Waals surface area contributed by atoms with E-state index in [4.69, 9.17) is 4.74 Å². The fourth-order valence-electron chi connectivity index (χ4n) is 2.14. The SMILES string of the molecule is CC(C)(C)OC(=O)N1CCCC(C(=O)CC(=O)C(F)(F)F)C1. The number of piperidine rings is 1. The van der Waals surface area contributed by atoms with Gasteiger partial charge in [0.05, 0.1) is 6.42 Å². The Balaban J connectivity index is 2.61. The molecule has 8 heteroatoms. The van der Waals surface area contributed by atoms with Gasteiger partial charge in [0, 0.05) is 19.0 Å². The Kier molecular flexibility index (Phi) is 5.59. The molecule has 1 fully saturated rings. The molecule has 1 aliphatic rings. The summed E-state index contributed by atoms with van der Waals surface area (Å²) in [5.41, 5.74) is -0.694. The summed E-state index contributed by atoms with van der Waals surface area (Å²) >= 11 is 0. The van der Waals surface area contributed by atoms with Gasteiger partial charge in [-0.2, -0.15) is 13.2 Å². The molecule has 0 radical (unpaired) electrons. The summed E-state index contributed by atoms with van der Waals surface area (Å²) in [7, 11) is 0. The first-order valence-corrected chi connectivity index (χ1v) is 7.01. The minimum Gasteiger partial charge on any atom is -0.444 e. The maximum Gasteiger partial charge on any atom is 0.450 e. The standard InChI is InChI=1S/C14H20F3NO4/c1-13(2,3)22-12(21)18-6-4-5-9(8-18)10(19)7-11(20)14(15,16)17/h9H,4-8H2,1-3H3. The van der Waals surface area contributed by atoms with Crippen LogP contribution in [0.4, 0.5) is 18.0 Å². The molecule has 0 aromatic rings. The van der Waals surface area contributed by atoms with Gasteiger partial charge in [0.2, 0.25) is 5.78 Å². The van der Waals surface area contributed by atoms with Gasteiger partial charge in [0.15, 0.2) is 0 Å². The lowest BCUT2D eigenvalue weighted by Crippen LogP contribution is -2.45. The second kappa shape index (κ2) is 6.66.